The van der Waals surface area contributed by atoms with Gasteiger partial charge in [0.15, 0.2) is 11.2 Å². The number of esters is 1. The number of carbonyl (C=O) groups excluding carboxylic acids is 2. The number of fused-ring (bicyclic) bond motifs is 1. The minimum atomic E-state index is -1.32. The fourth-order valence-electron chi connectivity index (χ4n) is 2.76. The number of Topliss-reactive ketones (excluding diaryl/α,β-unsaturated/α-hetero) is 1. The molecule has 1 unspecified atom stereocenters. The molecule has 0 spiro atoms. The minimum Gasteiger partial charge on any atom is -0.425 e. The highest BCUT2D eigenvalue weighted by atomic mass is 16.5. The molecule has 0 aromatic heterocycles. The van der Waals surface area contributed by atoms with Crippen LogP contribution >= 0.6 is 0 Å². The second-order valence-electron chi connectivity index (χ2n) is 4.98. The molecule has 3 heteroatoms. The van der Waals surface area contributed by atoms with E-state index < -0.39 is 11.4 Å². The highest BCUT2D eigenvalue weighted by Crippen LogP contribution is 2.44. The maximum atomic E-state index is 13.0. The van der Waals surface area contributed by atoms with E-state index in [1.54, 1.807) is 54.6 Å². The average Bonchev–Trinajstić information content (AvgIpc) is 2.81. The highest BCUT2D eigenvalue weighted by molar-refractivity contribution is 6.19. The second kappa shape index (κ2) is 5.02. The topological polar surface area (TPSA) is 43.4 Å². The molecule has 104 valence electrons. The van der Waals surface area contributed by atoms with Crippen molar-refractivity contribution in [2.75, 3.05) is 0 Å². The molecule has 1 heterocycles. The molecular formula is C18H14O3. The van der Waals surface area contributed by atoms with Crippen molar-refractivity contribution < 1.29 is 14.3 Å². The van der Waals surface area contributed by atoms with Gasteiger partial charge in [-0.1, -0.05) is 54.6 Å². The number of hydrogen-bond acceptors (Lipinski definition) is 3. The molecule has 0 N–H and O–H groups in total. The van der Waals surface area contributed by atoms with Crippen LogP contribution in [-0.4, -0.2) is 11.8 Å². The Morgan fingerprint density at radius 1 is 1.10 bits per heavy atom. The van der Waals surface area contributed by atoms with Gasteiger partial charge in [-0.3, -0.25) is 9.59 Å². The first-order chi connectivity index (χ1) is 10.2. The Labute approximate surface area is 122 Å². The molecule has 0 saturated carbocycles. The molecular weight excluding hydrogens is 264 g/mol. The third-order valence-electron chi connectivity index (χ3n) is 3.77. The standard InChI is InChI=1S/C18H14O3/c1-2-12-18(16(19)13-8-4-3-5-9-13)14-10-6-7-11-15(14)21-17(18)20/h2-11H,1,12H2. The van der Waals surface area contributed by atoms with E-state index in [0.29, 0.717) is 16.9 Å². The largest absolute Gasteiger partial charge is 0.425 e. The van der Waals surface area contributed by atoms with Gasteiger partial charge in [0.25, 0.3) is 0 Å². The fraction of sp³-hybridized carbons (Fsp3) is 0.111. The van der Waals surface area contributed by atoms with E-state index in [-0.39, 0.29) is 12.2 Å². The lowest BCUT2D eigenvalue weighted by molar-refractivity contribution is -0.136. The lowest BCUT2D eigenvalue weighted by atomic mass is 9.73. The van der Waals surface area contributed by atoms with Crippen molar-refractivity contribution in [3.8, 4) is 5.75 Å². The van der Waals surface area contributed by atoms with E-state index in [9.17, 15) is 9.59 Å². The molecule has 21 heavy (non-hydrogen) atoms. The van der Waals surface area contributed by atoms with E-state index in [2.05, 4.69) is 6.58 Å². The van der Waals surface area contributed by atoms with Gasteiger partial charge in [0.1, 0.15) is 5.75 Å². The third-order valence-corrected chi connectivity index (χ3v) is 3.77. The van der Waals surface area contributed by atoms with Gasteiger partial charge >= 0.3 is 5.97 Å². The van der Waals surface area contributed by atoms with Gasteiger partial charge in [0.05, 0.1) is 0 Å². The Bertz CT molecular complexity index is 718. The van der Waals surface area contributed by atoms with Crippen molar-refractivity contribution in [1.29, 1.82) is 0 Å². The maximum Gasteiger partial charge on any atom is 0.330 e. The summed E-state index contributed by atoms with van der Waals surface area (Å²) in [5.41, 5.74) is -0.212. The molecule has 0 bridgehead atoms. The van der Waals surface area contributed by atoms with Crippen LogP contribution in [0.25, 0.3) is 0 Å². The van der Waals surface area contributed by atoms with Crippen molar-refractivity contribution >= 4 is 11.8 Å². The van der Waals surface area contributed by atoms with E-state index in [1.807, 2.05) is 6.07 Å². The summed E-state index contributed by atoms with van der Waals surface area (Å²) < 4.78 is 5.31. The smallest absolute Gasteiger partial charge is 0.330 e. The van der Waals surface area contributed by atoms with Gasteiger partial charge in [-0.15, -0.1) is 6.58 Å². The highest BCUT2D eigenvalue weighted by Gasteiger charge is 2.54. The van der Waals surface area contributed by atoms with Gasteiger partial charge < -0.3 is 4.74 Å². The zero-order valence-corrected chi connectivity index (χ0v) is 11.4. The molecule has 0 radical (unpaired) electrons. The lowest BCUT2D eigenvalue weighted by Gasteiger charge is -2.23. The molecule has 1 aliphatic heterocycles. The van der Waals surface area contributed by atoms with Crippen LogP contribution in [0.5, 0.6) is 5.75 Å². The van der Waals surface area contributed by atoms with Gasteiger partial charge in [-0.25, -0.2) is 0 Å². The Morgan fingerprint density at radius 3 is 2.48 bits per heavy atom. The Balaban J connectivity index is 2.20. The number of allylic oxidation sites excluding steroid dienone is 1. The van der Waals surface area contributed by atoms with Gasteiger partial charge in [0, 0.05) is 11.1 Å². The first kappa shape index (κ1) is 13.3. The van der Waals surface area contributed by atoms with Crippen molar-refractivity contribution in [3.05, 3.63) is 78.4 Å². The first-order valence-electron chi connectivity index (χ1n) is 6.72. The molecule has 2 aromatic rings. The number of rotatable bonds is 4. The van der Waals surface area contributed by atoms with Crippen molar-refractivity contribution in [1.82, 2.24) is 0 Å². The molecule has 0 amide bonds. The summed E-state index contributed by atoms with van der Waals surface area (Å²) in [5, 5.41) is 0. The first-order valence-corrected chi connectivity index (χ1v) is 6.72. The average molecular weight is 278 g/mol. The van der Waals surface area contributed by atoms with E-state index >= 15 is 0 Å². The SMILES string of the molecule is C=CCC1(C(=O)c2ccccc2)C(=O)Oc2ccccc21. The number of ketones is 1. The van der Waals surface area contributed by atoms with Crippen LogP contribution in [0.1, 0.15) is 22.3 Å². The molecule has 1 atom stereocenters. The number of hydrogen-bond donors (Lipinski definition) is 0. The summed E-state index contributed by atoms with van der Waals surface area (Å²) in [5.74, 6) is -0.330. The second-order valence-corrected chi connectivity index (χ2v) is 4.98. The number of para-hydroxylation sites is 1. The van der Waals surface area contributed by atoms with E-state index in [4.69, 9.17) is 4.74 Å². The number of carbonyl (C=O) groups is 2. The van der Waals surface area contributed by atoms with Crippen molar-refractivity contribution in [2.45, 2.75) is 11.8 Å². The summed E-state index contributed by atoms with van der Waals surface area (Å²) in [4.78, 5) is 25.5. The maximum absolute atomic E-state index is 13.0. The third kappa shape index (κ3) is 1.89. The quantitative estimate of drug-likeness (QED) is 0.283. The normalized spacial score (nSPS) is 19.7. The number of benzene rings is 2. The lowest BCUT2D eigenvalue weighted by Crippen LogP contribution is -2.41. The van der Waals surface area contributed by atoms with Crippen LogP contribution in [0, 0.1) is 0 Å². The van der Waals surface area contributed by atoms with Gasteiger partial charge in [-0.05, 0) is 12.5 Å². The predicted molar refractivity (Wildman–Crippen MR) is 79.3 cm³/mol. The van der Waals surface area contributed by atoms with Gasteiger partial charge in [-0.2, -0.15) is 0 Å². The zero-order chi connectivity index (χ0) is 14.9. The molecule has 3 nitrogen and oxygen atoms in total. The monoisotopic (exact) mass is 278 g/mol. The van der Waals surface area contributed by atoms with Crippen LogP contribution < -0.4 is 4.74 Å². The van der Waals surface area contributed by atoms with Crippen LogP contribution in [0.4, 0.5) is 0 Å². The van der Waals surface area contributed by atoms with Crippen molar-refractivity contribution in [3.63, 3.8) is 0 Å². The Morgan fingerprint density at radius 2 is 1.76 bits per heavy atom. The van der Waals surface area contributed by atoms with Gasteiger partial charge in [0.2, 0.25) is 0 Å². The van der Waals surface area contributed by atoms with Crippen LogP contribution in [-0.2, 0) is 10.2 Å². The fourth-order valence-corrected chi connectivity index (χ4v) is 2.76. The number of ether oxygens (including phenoxy) is 1. The van der Waals surface area contributed by atoms with Crippen LogP contribution in [0.3, 0.4) is 0 Å². The molecule has 1 aliphatic rings. The zero-order valence-electron chi connectivity index (χ0n) is 11.4. The molecule has 0 fully saturated rings. The Kier molecular flexibility index (Phi) is 3.18. The summed E-state index contributed by atoms with van der Waals surface area (Å²) in [6.45, 7) is 3.69. The Hall–Kier alpha value is -2.68. The molecule has 0 aliphatic carbocycles. The summed E-state index contributed by atoms with van der Waals surface area (Å²) >= 11 is 0. The molecule has 0 saturated heterocycles. The van der Waals surface area contributed by atoms with E-state index in [1.165, 1.54) is 0 Å². The molecule has 3 rings (SSSR count). The minimum absolute atomic E-state index is 0.219. The van der Waals surface area contributed by atoms with E-state index in [0.717, 1.165) is 0 Å². The predicted octanol–water partition coefficient (Wildman–Crippen LogP) is 3.30. The summed E-state index contributed by atoms with van der Waals surface area (Å²) in [7, 11) is 0. The van der Waals surface area contributed by atoms with Crippen molar-refractivity contribution in [2.24, 2.45) is 0 Å². The van der Waals surface area contributed by atoms with Crippen LogP contribution in [0.2, 0.25) is 0 Å². The molecule has 2 aromatic carbocycles. The van der Waals surface area contributed by atoms with Crippen LogP contribution in [0.15, 0.2) is 67.3 Å². The summed E-state index contributed by atoms with van der Waals surface area (Å²) in [6, 6.07) is 15.9. The summed E-state index contributed by atoms with van der Waals surface area (Å²) in [6.07, 6.45) is 1.81.